The Morgan fingerprint density at radius 1 is 0.913 bits per heavy atom. The number of rotatable bonds is 3. The molecule has 0 unspecified atom stereocenters. The van der Waals surface area contributed by atoms with Gasteiger partial charge >= 0.3 is 5.97 Å². The Bertz CT molecular complexity index is 886. The van der Waals surface area contributed by atoms with Crippen LogP contribution in [0.1, 0.15) is 16.7 Å². The Morgan fingerprint density at radius 2 is 1.65 bits per heavy atom. The molecule has 0 saturated heterocycles. The number of aryl methyl sites for hydroxylation is 1. The molecular formula is C21H18O2. The maximum absolute atomic E-state index is 12.1. The highest BCUT2D eigenvalue weighted by Crippen LogP contribution is 2.22. The number of fused-ring (bicyclic) bond motifs is 1. The molecule has 0 aliphatic rings. The molecule has 0 fully saturated rings. The molecule has 0 aromatic heterocycles. The standard InChI is InChI=1S/C21H18O2/c1-15-7-5-12-20(16(15)2)23-21(22)14-13-18-10-6-9-17-8-3-4-11-19(17)18/h3-14H,1-2H3. The molecule has 0 aliphatic carbocycles. The van der Waals surface area contributed by atoms with Crippen molar-refractivity contribution in [1.82, 2.24) is 0 Å². The van der Waals surface area contributed by atoms with E-state index in [1.165, 1.54) is 6.08 Å². The summed E-state index contributed by atoms with van der Waals surface area (Å²) in [6, 6.07) is 19.8. The molecule has 0 amide bonds. The highest BCUT2D eigenvalue weighted by Gasteiger charge is 2.06. The first kappa shape index (κ1) is 15.0. The summed E-state index contributed by atoms with van der Waals surface area (Å²) in [5, 5.41) is 2.27. The normalized spacial score (nSPS) is 11.0. The van der Waals surface area contributed by atoms with Crippen LogP contribution in [0.25, 0.3) is 16.8 Å². The average molecular weight is 302 g/mol. The maximum Gasteiger partial charge on any atom is 0.336 e. The van der Waals surface area contributed by atoms with Crippen molar-refractivity contribution < 1.29 is 9.53 Å². The summed E-state index contributed by atoms with van der Waals surface area (Å²) in [6.07, 6.45) is 3.28. The third-order valence-electron chi connectivity index (χ3n) is 3.99. The van der Waals surface area contributed by atoms with Crippen LogP contribution in [0.2, 0.25) is 0 Å². The molecule has 0 spiro atoms. The van der Waals surface area contributed by atoms with Crippen molar-refractivity contribution in [3.63, 3.8) is 0 Å². The first-order chi connectivity index (χ1) is 11.1. The Balaban J connectivity index is 1.82. The van der Waals surface area contributed by atoms with Crippen LogP contribution >= 0.6 is 0 Å². The first-order valence-electron chi connectivity index (χ1n) is 7.59. The van der Waals surface area contributed by atoms with Gasteiger partial charge in [-0.25, -0.2) is 4.79 Å². The zero-order valence-electron chi connectivity index (χ0n) is 13.2. The lowest BCUT2D eigenvalue weighted by Crippen LogP contribution is -2.05. The Hall–Kier alpha value is -2.87. The van der Waals surface area contributed by atoms with Crippen molar-refractivity contribution in [3.8, 4) is 5.75 Å². The number of carbonyl (C=O) groups excluding carboxylic acids is 1. The minimum absolute atomic E-state index is 0.369. The van der Waals surface area contributed by atoms with E-state index < -0.39 is 0 Å². The second-order valence-corrected chi connectivity index (χ2v) is 5.52. The minimum atomic E-state index is -0.369. The van der Waals surface area contributed by atoms with Crippen LogP contribution in [0.4, 0.5) is 0 Å². The fourth-order valence-corrected chi connectivity index (χ4v) is 2.53. The molecule has 0 radical (unpaired) electrons. The van der Waals surface area contributed by atoms with Gasteiger partial charge in [0.1, 0.15) is 5.75 Å². The van der Waals surface area contributed by atoms with Gasteiger partial charge in [0.15, 0.2) is 0 Å². The fourth-order valence-electron chi connectivity index (χ4n) is 2.53. The van der Waals surface area contributed by atoms with E-state index in [1.54, 1.807) is 6.08 Å². The zero-order chi connectivity index (χ0) is 16.2. The number of esters is 1. The van der Waals surface area contributed by atoms with Crippen LogP contribution < -0.4 is 4.74 Å². The summed E-state index contributed by atoms with van der Waals surface area (Å²) in [6.45, 7) is 3.95. The number of hydrogen-bond donors (Lipinski definition) is 0. The zero-order valence-corrected chi connectivity index (χ0v) is 13.2. The summed E-state index contributed by atoms with van der Waals surface area (Å²) < 4.78 is 5.43. The fraction of sp³-hybridized carbons (Fsp3) is 0.0952. The van der Waals surface area contributed by atoms with Crippen molar-refractivity contribution in [2.75, 3.05) is 0 Å². The lowest BCUT2D eigenvalue weighted by atomic mass is 10.0. The lowest BCUT2D eigenvalue weighted by Gasteiger charge is -2.07. The molecule has 2 heteroatoms. The van der Waals surface area contributed by atoms with Crippen molar-refractivity contribution in [3.05, 3.63) is 83.4 Å². The summed E-state index contributed by atoms with van der Waals surface area (Å²) in [4.78, 5) is 12.1. The van der Waals surface area contributed by atoms with E-state index in [-0.39, 0.29) is 5.97 Å². The van der Waals surface area contributed by atoms with Gasteiger partial charge in [-0.3, -0.25) is 0 Å². The van der Waals surface area contributed by atoms with Crippen molar-refractivity contribution in [1.29, 1.82) is 0 Å². The summed E-state index contributed by atoms with van der Waals surface area (Å²) >= 11 is 0. The van der Waals surface area contributed by atoms with Gasteiger partial charge in [-0.1, -0.05) is 54.6 Å². The minimum Gasteiger partial charge on any atom is -0.423 e. The molecule has 114 valence electrons. The van der Waals surface area contributed by atoms with Crippen LogP contribution in [-0.4, -0.2) is 5.97 Å². The largest absolute Gasteiger partial charge is 0.423 e. The van der Waals surface area contributed by atoms with Gasteiger partial charge in [0.25, 0.3) is 0 Å². The second kappa shape index (κ2) is 6.49. The third-order valence-corrected chi connectivity index (χ3v) is 3.99. The van der Waals surface area contributed by atoms with Gasteiger partial charge in [-0.15, -0.1) is 0 Å². The number of benzene rings is 3. The first-order valence-corrected chi connectivity index (χ1v) is 7.59. The average Bonchev–Trinajstić information content (AvgIpc) is 2.57. The van der Waals surface area contributed by atoms with Gasteiger partial charge in [0, 0.05) is 6.08 Å². The molecule has 0 heterocycles. The molecule has 0 bridgehead atoms. The van der Waals surface area contributed by atoms with E-state index in [2.05, 4.69) is 12.1 Å². The van der Waals surface area contributed by atoms with Gasteiger partial charge in [0.05, 0.1) is 0 Å². The molecule has 2 nitrogen and oxygen atoms in total. The van der Waals surface area contributed by atoms with Crippen LogP contribution in [0, 0.1) is 13.8 Å². The molecule has 3 rings (SSSR count). The highest BCUT2D eigenvalue weighted by molar-refractivity contribution is 5.95. The van der Waals surface area contributed by atoms with E-state index in [1.807, 2.05) is 62.4 Å². The van der Waals surface area contributed by atoms with Gasteiger partial charge in [0.2, 0.25) is 0 Å². The molecule has 23 heavy (non-hydrogen) atoms. The molecular weight excluding hydrogens is 284 g/mol. The Kier molecular flexibility index (Phi) is 4.24. The molecule has 0 N–H and O–H groups in total. The monoisotopic (exact) mass is 302 g/mol. The van der Waals surface area contributed by atoms with Crippen molar-refractivity contribution in [2.24, 2.45) is 0 Å². The topological polar surface area (TPSA) is 26.3 Å². The van der Waals surface area contributed by atoms with E-state index >= 15 is 0 Å². The van der Waals surface area contributed by atoms with Crippen molar-refractivity contribution >= 4 is 22.8 Å². The maximum atomic E-state index is 12.1. The van der Waals surface area contributed by atoms with Crippen molar-refractivity contribution in [2.45, 2.75) is 13.8 Å². The highest BCUT2D eigenvalue weighted by atomic mass is 16.5. The molecule has 0 saturated carbocycles. The lowest BCUT2D eigenvalue weighted by molar-refractivity contribution is -0.128. The van der Waals surface area contributed by atoms with Crippen LogP contribution in [0.15, 0.2) is 66.7 Å². The Morgan fingerprint density at radius 3 is 2.52 bits per heavy atom. The predicted molar refractivity (Wildman–Crippen MR) is 94.5 cm³/mol. The number of ether oxygens (including phenoxy) is 1. The number of carbonyl (C=O) groups is 1. The quantitative estimate of drug-likeness (QED) is 0.383. The second-order valence-electron chi connectivity index (χ2n) is 5.52. The van der Waals surface area contributed by atoms with E-state index in [0.29, 0.717) is 5.75 Å². The summed E-state index contributed by atoms with van der Waals surface area (Å²) in [7, 11) is 0. The summed E-state index contributed by atoms with van der Waals surface area (Å²) in [5.74, 6) is 0.240. The number of hydrogen-bond acceptors (Lipinski definition) is 2. The van der Waals surface area contributed by atoms with E-state index in [9.17, 15) is 4.79 Å². The summed E-state index contributed by atoms with van der Waals surface area (Å²) in [5.41, 5.74) is 3.09. The molecule has 0 aliphatic heterocycles. The molecule has 0 atom stereocenters. The van der Waals surface area contributed by atoms with Crippen LogP contribution in [0.5, 0.6) is 5.75 Å². The SMILES string of the molecule is Cc1cccc(OC(=O)C=Cc2cccc3ccccc23)c1C. The van der Waals surface area contributed by atoms with Crippen LogP contribution in [0.3, 0.4) is 0 Å². The van der Waals surface area contributed by atoms with E-state index in [0.717, 1.165) is 27.5 Å². The molecule has 3 aromatic carbocycles. The Labute approximate surface area is 136 Å². The van der Waals surface area contributed by atoms with Crippen LogP contribution in [-0.2, 0) is 4.79 Å². The van der Waals surface area contributed by atoms with E-state index in [4.69, 9.17) is 4.74 Å². The van der Waals surface area contributed by atoms with Gasteiger partial charge in [-0.05, 0) is 53.5 Å². The predicted octanol–water partition coefficient (Wildman–Crippen LogP) is 5.08. The molecule has 3 aromatic rings. The third kappa shape index (κ3) is 3.32. The smallest absolute Gasteiger partial charge is 0.336 e. The van der Waals surface area contributed by atoms with Gasteiger partial charge in [-0.2, -0.15) is 0 Å². The van der Waals surface area contributed by atoms with Gasteiger partial charge < -0.3 is 4.74 Å².